The van der Waals surface area contributed by atoms with Crippen molar-refractivity contribution in [3.05, 3.63) is 59.9 Å². The van der Waals surface area contributed by atoms with Crippen LogP contribution in [0.5, 0.6) is 0 Å². The lowest BCUT2D eigenvalue weighted by Crippen LogP contribution is -2.20. The number of cyclic esters (lactones) is 1. The fraction of sp³-hybridized carbons (Fsp3) is 0.263. The average Bonchev–Trinajstić information content (AvgIpc) is 3.01. The summed E-state index contributed by atoms with van der Waals surface area (Å²) in [4.78, 5) is 23.6. The highest BCUT2D eigenvalue weighted by molar-refractivity contribution is 7.91. The van der Waals surface area contributed by atoms with E-state index in [0.29, 0.717) is 12.1 Å². The van der Waals surface area contributed by atoms with E-state index in [1.54, 1.807) is 12.1 Å². The maximum Gasteiger partial charge on any atom is 0.310 e. The van der Waals surface area contributed by atoms with Crippen molar-refractivity contribution in [1.29, 1.82) is 0 Å². The molecular weight excluding hydrogens is 373 g/mol. The van der Waals surface area contributed by atoms with Crippen LogP contribution in [0.4, 0.5) is 10.1 Å². The van der Waals surface area contributed by atoms with Gasteiger partial charge in [-0.25, -0.2) is 12.8 Å². The molecule has 2 aromatic carbocycles. The molecule has 1 aliphatic heterocycles. The van der Waals surface area contributed by atoms with E-state index in [1.165, 1.54) is 36.4 Å². The Morgan fingerprint density at radius 2 is 1.85 bits per heavy atom. The summed E-state index contributed by atoms with van der Waals surface area (Å²) in [5.41, 5.74) is 0.674. The minimum absolute atomic E-state index is 0.0642. The van der Waals surface area contributed by atoms with Crippen LogP contribution in [-0.4, -0.2) is 32.7 Å². The summed E-state index contributed by atoms with van der Waals surface area (Å²) in [5.74, 6) is -2.31. The summed E-state index contributed by atoms with van der Waals surface area (Å²) >= 11 is 0. The molecule has 1 aliphatic rings. The van der Waals surface area contributed by atoms with Gasteiger partial charge in [-0.1, -0.05) is 18.2 Å². The second kappa shape index (κ2) is 7.87. The summed E-state index contributed by atoms with van der Waals surface area (Å²) in [6.45, 7) is 0.242. The third-order valence-corrected chi connectivity index (χ3v) is 6.10. The zero-order valence-corrected chi connectivity index (χ0v) is 15.2. The lowest BCUT2D eigenvalue weighted by Gasteiger charge is -2.09. The quantitative estimate of drug-likeness (QED) is 0.764. The van der Waals surface area contributed by atoms with Gasteiger partial charge in [-0.2, -0.15) is 0 Å². The van der Waals surface area contributed by atoms with Crippen molar-refractivity contribution in [2.75, 3.05) is 17.7 Å². The lowest BCUT2D eigenvalue weighted by molar-refractivity contribution is -0.140. The largest absolute Gasteiger partial charge is 0.465 e. The summed E-state index contributed by atoms with van der Waals surface area (Å²) in [6, 6.07) is 11.6. The highest BCUT2D eigenvalue weighted by Gasteiger charge is 2.32. The molecule has 3 rings (SSSR count). The van der Waals surface area contributed by atoms with Gasteiger partial charge in [0.2, 0.25) is 5.91 Å². The van der Waals surface area contributed by atoms with Crippen LogP contribution in [0.25, 0.3) is 0 Å². The van der Waals surface area contributed by atoms with Crippen LogP contribution in [0.2, 0.25) is 0 Å². The molecule has 2 aromatic rings. The average molecular weight is 391 g/mol. The second-order valence-corrected chi connectivity index (χ2v) is 8.31. The third kappa shape index (κ3) is 4.71. The van der Waals surface area contributed by atoms with E-state index in [4.69, 9.17) is 4.74 Å². The standard InChI is InChI=1S/C19H18FNO5S/c20-17-4-2-1-3-13(17)11-18(22)21-15-5-7-16(8-6-15)27(24,25)12-14-9-10-26-19(14)23/h1-8,14H,9-12H2,(H,21,22). The van der Waals surface area contributed by atoms with Crippen LogP contribution in [0.3, 0.4) is 0 Å². The second-order valence-electron chi connectivity index (χ2n) is 6.28. The zero-order chi connectivity index (χ0) is 19.4. The molecule has 1 amide bonds. The Hall–Kier alpha value is -2.74. The molecule has 142 valence electrons. The van der Waals surface area contributed by atoms with E-state index in [1.807, 2.05) is 0 Å². The number of anilines is 1. The highest BCUT2D eigenvalue weighted by atomic mass is 32.2. The highest BCUT2D eigenvalue weighted by Crippen LogP contribution is 2.22. The van der Waals surface area contributed by atoms with Crippen molar-refractivity contribution >= 4 is 27.4 Å². The fourth-order valence-corrected chi connectivity index (χ4v) is 4.39. The number of esters is 1. The van der Waals surface area contributed by atoms with Gasteiger partial charge in [0.25, 0.3) is 0 Å². The van der Waals surface area contributed by atoms with Crippen LogP contribution in [-0.2, 0) is 30.6 Å². The van der Waals surface area contributed by atoms with Crippen molar-refractivity contribution in [1.82, 2.24) is 0 Å². The third-order valence-electron chi connectivity index (χ3n) is 4.27. The van der Waals surface area contributed by atoms with Gasteiger partial charge in [0.1, 0.15) is 5.82 Å². The molecule has 1 atom stereocenters. The molecule has 0 aliphatic carbocycles. The molecule has 6 nitrogen and oxygen atoms in total. The van der Waals surface area contributed by atoms with Gasteiger partial charge in [-0.15, -0.1) is 0 Å². The van der Waals surface area contributed by atoms with Crippen LogP contribution in [0, 0.1) is 11.7 Å². The van der Waals surface area contributed by atoms with Crippen molar-refractivity contribution in [2.24, 2.45) is 5.92 Å². The molecule has 1 N–H and O–H groups in total. The molecule has 27 heavy (non-hydrogen) atoms. The number of carbonyl (C=O) groups excluding carboxylic acids is 2. The topological polar surface area (TPSA) is 89.5 Å². The summed E-state index contributed by atoms with van der Waals surface area (Å²) in [6.07, 6.45) is 0.263. The molecule has 0 saturated carbocycles. The van der Waals surface area contributed by atoms with E-state index in [0.717, 1.165) is 0 Å². The number of rotatable bonds is 6. The predicted octanol–water partition coefficient (Wildman–Crippen LogP) is 2.34. The van der Waals surface area contributed by atoms with E-state index in [9.17, 15) is 22.4 Å². The van der Waals surface area contributed by atoms with Gasteiger partial charge < -0.3 is 10.1 Å². The smallest absolute Gasteiger partial charge is 0.310 e. The molecule has 0 bridgehead atoms. The molecule has 1 heterocycles. The minimum Gasteiger partial charge on any atom is -0.465 e. The predicted molar refractivity (Wildman–Crippen MR) is 96.3 cm³/mol. The summed E-state index contributed by atoms with van der Waals surface area (Å²) in [5, 5.41) is 2.60. The van der Waals surface area contributed by atoms with Gasteiger partial charge in [0.05, 0.1) is 29.6 Å². The number of benzene rings is 2. The molecule has 1 fully saturated rings. The van der Waals surface area contributed by atoms with E-state index >= 15 is 0 Å². The number of hydrogen-bond acceptors (Lipinski definition) is 5. The molecule has 0 radical (unpaired) electrons. The number of nitrogens with one attached hydrogen (secondary N) is 1. The number of carbonyl (C=O) groups is 2. The van der Waals surface area contributed by atoms with Crippen molar-refractivity contribution in [2.45, 2.75) is 17.7 Å². The SMILES string of the molecule is O=C(Cc1ccccc1F)Nc1ccc(S(=O)(=O)CC2CCOC2=O)cc1. The van der Waals surface area contributed by atoms with Crippen LogP contribution in [0.1, 0.15) is 12.0 Å². The van der Waals surface area contributed by atoms with Crippen molar-refractivity contribution < 1.29 is 27.1 Å². The molecule has 1 unspecified atom stereocenters. The minimum atomic E-state index is -3.64. The Balaban J connectivity index is 1.63. The van der Waals surface area contributed by atoms with Crippen molar-refractivity contribution in [3.8, 4) is 0 Å². The van der Waals surface area contributed by atoms with Crippen LogP contribution >= 0.6 is 0 Å². The zero-order valence-electron chi connectivity index (χ0n) is 14.4. The van der Waals surface area contributed by atoms with Crippen molar-refractivity contribution in [3.63, 3.8) is 0 Å². The first kappa shape index (κ1) is 19.0. The molecule has 1 saturated heterocycles. The van der Waals surface area contributed by atoms with Crippen LogP contribution in [0.15, 0.2) is 53.4 Å². The maximum absolute atomic E-state index is 13.6. The summed E-state index contributed by atoms with van der Waals surface area (Å²) < 4.78 is 43.2. The summed E-state index contributed by atoms with van der Waals surface area (Å²) in [7, 11) is -3.64. The Bertz CT molecular complexity index is 956. The molecule has 0 aromatic heterocycles. The normalized spacial score (nSPS) is 16.8. The monoisotopic (exact) mass is 391 g/mol. The number of ether oxygens (including phenoxy) is 1. The fourth-order valence-electron chi connectivity index (χ4n) is 2.82. The lowest BCUT2D eigenvalue weighted by atomic mass is 10.1. The number of halogens is 1. The van der Waals surface area contributed by atoms with Gasteiger partial charge in [0.15, 0.2) is 9.84 Å². The first-order valence-corrected chi connectivity index (χ1v) is 10.0. The Kier molecular flexibility index (Phi) is 5.55. The number of amides is 1. The number of sulfone groups is 1. The molecule has 0 spiro atoms. The Morgan fingerprint density at radius 3 is 2.48 bits per heavy atom. The van der Waals surface area contributed by atoms with E-state index in [-0.39, 0.29) is 29.2 Å². The van der Waals surface area contributed by atoms with Crippen LogP contribution < -0.4 is 5.32 Å². The van der Waals surface area contributed by atoms with E-state index < -0.39 is 33.4 Å². The molecule has 8 heteroatoms. The van der Waals surface area contributed by atoms with E-state index in [2.05, 4.69) is 5.32 Å². The molecular formula is C19H18FNO5S. The maximum atomic E-state index is 13.6. The first-order valence-electron chi connectivity index (χ1n) is 8.38. The van der Waals surface area contributed by atoms with Gasteiger partial charge in [-0.05, 0) is 42.3 Å². The number of hydrogen-bond donors (Lipinski definition) is 1. The Morgan fingerprint density at radius 1 is 1.15 bits per heavy atom. The van der Waals surface area contributed by atoms with Gasteiger partial charge in [-0.3, -0.25) is 9.59 Å². The first-order chi connectivity index (χ1) is 12.8. The van der Waals surface area contributed by atoms with Gasteiger partial charge in [0, 0.05) is 5.69 Å². The van der Waals surface area contributed by atoms with Gasteiger partial charge >= 0.3 is 5.97 Å². The Labute approximate surface area is 156 Å².